The van der Waals surface area contributed by atoms with Crippen molar-refractivity contribution in [2.24, 2.45) is 5.92 Å². The lowest BCUT2D eigenvalue weighted by molar-refractivity contribution is -0.142. The number of carboxylic acids is 1. The second-order valence-corrected chi connectivity index (χ2v) is 12.3. The number of hydrogen-bond acceptors (Lipinski definition) is 4. The number of nitrogens with zero attached hydrogens (tertiary/aromatic N) is 1. The van der Waals surface area contributed by atoms with Crippen LogP contribution in [0, 0.1) is 5.92 Å². The van der Waals surface area contributed by atoms with Gasteiger partial charge in [0.2, 0.25) is 0 Å². The molecule has 0 amide bonds. The number of likely N-dealkylation sites (tertiary alicyclic amines) is 1. The maximum atomic E-state index is 12.5. The number of fused-ring (bicyclic) bond motifs is 1. The van der Waals surface area contributed by atoms with Gasteiger partial charge in [0, 0.05) is 23.1 Å². The first-order chi connectivity index (χ1) is 17.7. The number of H-pyrrole nitrogens is 1. The SMILES string of the molecule is Br.CCCC(CCC)C(=O)O.CN1CCC[C@@H]1Cc1c[nH]c2ccc(CCS(=O)(=O)c3ccccc3)cc12. The van der Waals surface area contributed by atoms with Gasteiger partial charge in [0.05, 0.1) is 16.6 Å². The third kappa shape index (κ3) is 8.95. The van der Waals surface area contributed by atoms with E-state index >= 15 is 0 Å². The standard InChI is InChI=1S/C22H26N2O2S.C8H16O2.BrH/c1-24-12-5-6-19(24)15-18-16-23-22-10-9-17(14-21(18)22)11-13-27(25,26)20-7-3-2-4-8-20;1-3-5-7(6-4-2)8(9)10;/h2-4,7-10,14,16,19,23H,5-6,11-13,15H2,1H3;7H,3-6H2,1-2H3,(H,9,10);1H/t19-;;/m1../s1. The first-order valence-corrected chi connectivity index (χ1v) is 15.2. The molecule has 3 aromatic rings. The highest BCUT2D eigenvalue weighted by atomic mass is 79.9. The summed E-state index contributed by atoms with van der Waals surface area (Å²) in [7, 11) is -1.05. The van der Waals surface area contributed by atoms with Gasteiger partial charge in [0.15, 0.2) is 9.84 Å². The summed E-state index contributed by atoms with van der Waals surface area (Å²) < 4.78 is 25.1. The van der Waals surface area contributed by atoms with E-state index in [1.165, 1.54) is 30.3 Å². The fourth-order valence-corrected chi connectivity index (χ4v) is 6.44. The molecule has 2 heterocycles. The zero-order valence-electron chi connectivity index (χ0n) is 22.9. The van der Waals surface area contributed by atoms with E-state index in [9.17, 15) is 13.2 Å². The van der Waals surface area contributed by atoms with Gasteiger partial charge in [-0.2, -0.15) is 0 Å². The largest absolute Gasteiger partial charge is 0.481 e. The fourth-order valence-electron chi connectivity index (χ4n) is 5.13. The molecule has 0 unspecified atom stereocenters. The van der Waals surface area contributed by atoms with Crippen molar-refractivity contribution >= 4 is 43.7 Å². The second-order valence-electron chi connectivity index (χ2n) is 10.2. The maximum Gasteiger partial charge on any atom is 0.306 e. The summed E-state index contributed by atoms with van der Waals surface area (Å²) in [6.45, 7) is 5.22. The maximum absolute atomic E-state index is 12.5. The van der Waals surface area contributed by atoms with Gasteiger partial charge in [-0.15, -0.1) is 17.0 Å². The molecule has 1 aliphatic heterocycles. The van der Waals surface area contributed by atoms with Crippen LogP contribution >= 0.6 is 17.0 Å². The number of benzene rings is 2. The number of nitrogens with one attached hydrogen (secondary N) is 1. The molecule has 0 aliphatic carbocycles. The van der Waals surface area contributed by atoms with Gasteiger partial charge < -0.3 is 15.0 Å². The molecule has 1 saturated heterocycles. The Balaban J connectivity index is 0.000000396. The number of carboxylic acid groups (broad SMARTS) is 1. The monoisotopic (exact) mass is 606 g/mol. The van der Waals surface area contributed by atoms with E-state index in [4.69, 9.17) is 5.11 Å². The van der Waals surface area contributed by atoms with Crippen molar-refractivity contribution < 1.29 is 18.3 Å². The number of hydrogen-bond donors (Lipinski definition) is 2. The third-order valence-corrected chi connectivity index (χ3v) is 9.08. The van der Waals surface area contributed by atoms with Crippen molar-refractivity contribution in [2.75, 3.05) is 19.3 Å². The number of aromatic amines is 1. The normalized spacial score (nSPS) is 15.7. The number of halogens is 1. The van der Waals surface area contributed by atoms with Crippen molar-refractivity contribution in [3.05, 3.63) is 65.9 Å². The van der Waals surface area contributed by atoms with E-state index in [-0.39, 0.29) is 28.7 Å². The molecule has 38 heavy (non-hydrogen) atoms. The molecule has 0 bridgehead atoms. The van der Waals surface area contributed by atoms with Gasteiger partial charge in [-0.3, -0.25) is 4.79 Å². The molecule has 4 rings (SSSR count). The number of likely N-dealkylation sites (N-methyl/N-ethyl adjacent to an activating group) is 1. The summed E-state index contributed by atoms with van der Waals surface area (Å²) in [4.78, 5) is 16.7. The molecular weight excluding hydrogens is 564 g/mol. The van der Waals surface area contributed by atoms with Crippen LogP contribution in [0.1, 0.15) is 63.5 Å². The smallest absolute Gasteiger partial charge is 0.306 e. The molecule has 1 aromatic heterocycles. The highest BCUT2D eigenvalue weighted by Gasteiger charge is 2.22. The van der Waals surface area contributed by atoms with Crippen LogP contribution in [0.5, 0.6) is 0 Å². The summed E-state index contributed by atoms with van der Waals surface area (Å²) in [5.74, 6) is -0.605. The van der Waals surface area contributed by atoms with Crippen LogP contribution in [-0.4, -0.2) is 54.8 Å². The van der Waals surface area contributed by atoms with Crippen LogP contribution in [0.15, 0.2) is 59.6 Å². The number of aryl methyl sites for hydroxylation is 1. The lowest BCUT2D eigenvalue weighted by Crippen LogP contribution is -2.26. The molecule has 2 N–H and O–H groups in total. The van der Waals surface area contributed by atoms with Crippen LogP contribution < -0.4 is 0 Å². The molecule has 1 fully saturated rings. The Morgan fingerprint density at radius 2 is 1.79 bits per heavy atom. The summed E-state index contributed by atoms with van der Waals surface area (Å²) >= 11 is 0. The highest BCUT2D eigenvalue weighted by Crippen LogP contribution is 2.26. The number of rotatable bonds is 11. The van der Waals surface area contributed by atoms with Crippen molar-refractivity contribution in [3.63, 3.8) is 0 Å². The summed E-state index contributed by atoms with van der Waals surface area (Å²) in [5, 5.41) is 9.86. The van der Waals surface area contributed by atoms with Crippen LogP contribution in [0.3, 0.4) is 0 Å². The van der Waals surface area contributed by atoms with Crippen molar-refractivity contribution in [2.45, 2.75) is 76.2 Å². The zero-order valence-corrected chi connectivity index (χ0v) is 25.4. The Morgan fingerprint density at radius 1 is 1.11 bits per heavy atom. The Hall–Kier alpha value is -2.16. The van der Waals surface area contributed by atoms with Gasteiger partial charge >= 0.3 is 5.97 Å². The van der Waals surface area contributed by atoms with E-state index < -0.39 is 15.8 Å². The minimum absolute atomic E-state index is 0. The number of carbonyl (C=O) groups is 1. The fraction of sp³-hybridized carbons (Fsp3) is 0.500. The zero-order chi connectivity index (χ0) is 26.8. The van der Waals surface area contributed by atoms with E-state index in [1.54, 1.807) is 24.3 Å². The molecule has 0 spiro atoms. The second kappa shape index (κ2) is 15.4. The number of sulfone groups is 1. The molecule has 1 aliphatic rings. The van der Waals surface area contributed by atoms with E-state index in [0.717, 1.165) is 43.2 Å². The molecule has 8 heteroatoms. The predicted molar refractivity (Wildman–Crippen MR) is 161 cm³/mol. The predicted octanol–water partition coefficient (Wildman–Crippen LogP) is 6.69. The van der Waals surface area contributed by atoms with Crippen LogP contribution in [0.25, 0.3) is 10.9 Å². The van der Waals surface area contributed by atoms with E-state index in [1.807, 2.05) is 26.0 Å². The Morgan fingerprint density at radius 3 is 2.37 bits per heavy atom. The first-order valence-electron chi connectivity index (χ1n) is 13.5. The van der Waals surface area contributed by atoms with Gasteiger partial charge in [0.25, 0.3) is 0 Å². The average Bonchev–Trinajstić information content (AvgIpc) is 3.49. The van der Waals surface area contributed by atoms with Crippen molar-refractivity contribution in [1.82, 2.24) is 9.88 Å². The molecule has 0 saturated carbocycles. The lowest BCUT2D eigenvalue weighted by atomic mass is 9.99. The average molecular weight is 608 g/mol. The Kier molecular flexibility index (Phi) is 13.0. The molecule has 1 atom stereocenters. The van der Waals surface area contributed by atoms with Gasteiger partial charge in [0.1, 0.15) is 0 Å². The summed E-state index contributed by atoms with van der Waals surface area (Å²) in [6, 6.07) is 15.6. The summed E-state index contributed by atoms with van der Waals surface area (Å²) in [5.41, 5.74) is 3.53. The lowest BCUT2D eigenvalue weighted by Gasteiger charge is -2.18. The Bertz CT molecular complexity index is 1240. The first kappa shape index (κ1) is 32.1. The Labute approximate surface area is 238 Å². The molecular formula is C30H43BrN2O4S. The van der Waals surface area contributed by atoms with E-state index in [0.29, 0.717) is 17.4 Å². The molecule has 0 radical (unpaired) electrons. The van der Waals surface area contributed by atoms with Gasteiger partial charge in [-0.25, -0.2) is 8.42 Å². The topological polar surface area (TPSA) is 90.5 Å². The van der Waals surface area contributed by atoms with E-state index in [2.05, 4.69) is 35.3 Å². The molecule has 210 valence electrons. The highest BCUT2D eigenvalue weighted by molar-refractivity contribution is 8.93. The minimum Gasteiger partial charge on any atom is -0.481 e. The van der Waals surface area contributed by atoms with Crippen LogP contribution in [0.2, 0.25) is 0 Å². The summed E-state index contributed by atoms with van der Waals surface area (Å²) in [6.07, 6.45) is 9.79. The van der Waals surface area contributed by atoms with Crippen LogP contribution in [0.4, 0.5) is 0 Å². The van der Waals surface area contributed by atoms with Gasteiger partial charge in [-0.05, 0) is 87.5 Å². The molecule has 2 aromatic carbocycles. The van der Waals surface area contributed by atoms with Crippen molar-refractivity contribution in [1.29, 1.82) is 0 Å². The minimum atomic E-state index is -3.25. The number of aliphatic carboxylic acids is 1. The molecule has 6 nitrogen and oxygen atoms in total. The quantitative estimate of drug-likeness (QED) is 0.254. The number of aromatic nitrogens is 1. The third-order valence-electron chi connectivity index (χ3n) is 7.34. The van der Waals surface area contributed by atoms with Crippen molar-refractivity contribution in [3.8, 4) is 0 Å². The van der Waals surface area contributed by atoms with Gasteiger partial charge in [-0.1, -0.05) is 51.0 Å². The van der Waals surface area contributed by atoms with Crippen LogP contribution in [-0.2, 0) is 27.5 Å².